The quantitative estimate of drug-likeness (QED) is 0.899. The summed E-state index contributed by atoms with van der Waals surface area (Å²) >= 11 is 0. The van der Waals surface area contributed by atoms with E-state index in [4.69, 9.17) is 4.74 Å². The molecule has 1 heterocycles. The number of nitrogens with zero attached hydrogens (tertiary/aromatic N) is 1. The van der Waals surface area contributed by atoms with Gasteiger partial charge in [0, 0.05) is 11.6 Å². The van der Waals surface area contributed by atoms with E-state index >= 15 is 0 Å². The van der Waals surface area contributed by atoms with Crippen LogP contribution in [0, 0.1) is 0 Å². The van der Waals surface area contributed by atoms with Crippen molar-refractivity contribution in [1.29, 1.82) is 0 Å². The first-order valence-corrected chi connectivity index (χ1v) is 5.92. The van der Waals surface area contributed by atoms with Crippen LogP contribution in [0.3, 0.4) is 0 Å². The van der Waals surface area contributed by atoms with Crippen LogP contribution in [0.15, 0.2) is 36.5 Å². The second-order valence-electron chi connectivity index (χ2n) is 4.28. The van der Waals surface area contributed by atoms with Crippen LogP contribution in [-0.4, -0.2) is 23.6 Å². The van der Waals surface area contributed by atoms with Gasteiger partial charge in [0.1, 0.15) is 6.61 Å². The number of ether oxygens (including phenoxy) is 1. The minimum Gasteiger partial charge on any atom is -0.369 e. The largest absolute Gasteiger partial charge is 0.369 e. The van der Waals surface area contributed by atoms with E-state index in [1.54, 1.807) is 6.20 Å². The third kappa shape index (κ3) is 3.05. The maximum Gasteiger partial charge on any atom is 0.250 e. The Labute approximate surface area is 106 Å². The molecular weight excluding hydrogens is 228 g/mol. The minimum absolute atomic E-state index is 0.0462. The lowest BCUT2D eigenvalue weighted by atomic mass is 10.2. The number of aromatic nitrogens is 1. The minimum atomic E-state index is -0.153. The third-order valence-corrected chi connectivity index (χ3v) is 2.47. The Morgan fingerprint density at radius 2 is 2.17 bits per heavy atom. The number of carbonyl (C=O) groups is 1. The molecule has 4 nitrogen and oxygen atoms in total. The van der Waals surface area contributed by atoms with Crippen LogP contribution >= 0.6 is 0 Å². The van der Waals surface area contributed by atoms with E-state index in [0.29, 0.717) is 0 Å². The summed E-state index contributed by atoms with van der Waals surface area (Å²) in [5.41, 5.74) is 1.62. The summed E-state index contributed by atoms with van der Waals surface area (Å²) in [4.78, 5) is 15.9. The lowest BCUT2D eigenvalue weighted by molar-refractivity contribution is -0.121. The molecule has 0 aliphatic rings. The number of pyridine rings is 1. The van der Waals surface area contributed by atoms with Crippen molar-refractivity contribution in [3.8, 4) is 0 Å². The van der Waals surface area contributed by atoms with Gasteiger partial charge in [0.2, 0.25) is 5.91 Å². The molecular formula is C14H16N2O2. The van der Waals surface area contributed by atoms with Gasteiger partial charge in [0.25, 0.3) is 0 Å². The van der Waals surface area contributed by atoms with Gasteiger partial charge in [-0.2, -0.15) is 0 Å². The number of fused-ring (bicyclic) bond motifs is 1. The molecule has 1 aromatic heterocycles. The van der Waals surface area contributed by atoms with Gasteiger partial charge in [-0.25, -0.2) is 0 Å². The Kier molecular flexibility index (Phi) is 3.89. The molecule has 0 saturated heterocycles. The van der Waals surface area contributed by atoms with Crippen LogP contribution in [0.5, 0.6) is 0 Å². The molecule has 0 fully saturated rings. The number of rotatable bonds is 4. The molecule has 2 rings (SSSR count). The monoisotopic (exact) mass is 244 g/mol. The first-order chi connectivity index (χ1) is 8.66. The molecule has 0 aliphatic carbocycles. The summed E-state index contributed by atoms with van der Waals surface area (Å²) in [7, 11) is 0. The van der Waals surface area contributed by atoms with Gasteiger partial charge < -0.3 is 10.1 Å². The molecule has 2 aromatic rings. The summed E-state index contributed by atoms with van der Waals surface area (Å²) in [6.45, 7) is 3.86. The molecule has 0 unspecified atom stereocenters. The van der Waals surface area contributed by atoms with Crippen molar-refractivity contribution in [3.05, 3.63) is 36.5 Å². The summed E-state index contributed by atoms with van der Waals surface area (Å²) in [5, 5.41) is 3.76. The molecule has 94 valence electrons. The van der Waals surface area contributed by atoms with Gasteiger partial charge in [-0.3, -0.25) is 9.78 Å². The average Bonchev–Trinajstić information content (AvgIpc) is 2.37. The normalized spacial score (nSPS) is 10.8. The first-order valence-electron chi connectivity index (χ1n) is 5.92. The standard InChI is InChI=1S/C14H16N2O2/c1-10(2)18-9-14(17)16-13-7-3-6-12-11(13)5-4-8-15-12/h3-8,10H,9H2,1-2H3,(H,16,17). The van der Waals surface area contributed by atoms with E-state index in [-0.39, 0.29) is 18.6 Å². The first kappa shape index (κ1) is 12.5. The molecule has 0 bridgehead atoms. The van der Waals surface area contributed by atoms with Crippen molar-refractivity contribution in [1.82, 2.24) is 4.98 Å². The predicted molar refractivity (Wildman–Crippen MR) is 71.5 cm³/mol. The molecule has 18 heavy (non-hydrogen) atoms. The van der Waals surface area contributed by atoms with Gasteiger partial charge >= 0.3 is 0 Å². The van der Waals surface area contributed by atoms with E-state index in [9.17, 15) is 4.79 Å². The van der Waals surface area contributed by atoms with Gasteiger partial charge in [-0.1, -0.05) is 6.07 Å². The summed E-state index contributed by atoms with van der Waals surface area (Å²) in [6, 6.07) is 9.42. The number of hydrogen-bond acceptors (Lipinski definition) is 3. The summed E-state index contributed by atoms with van der Waals surface area (Å²) < 4.78 is 5.26. The van der Waals surface area contributed by atoms with Crippen LogP contribution in [0.1, 0.15) is 13.8 Å². The smallest absolute Gasteiger partial charge is 0.250 e. The number of benzene rings is 1. The molecule has 1 aromatic carbocycles. The zero-order valence-corrected chi connectivity index (χ0v) is 10.5. The number of carbonyl (C=O) groups excluding carboxylic acids is 1. The lowest BCUT2D eigenvalue weighted by Crippen LogP contribution is -2.20. The Morgan fingerprint density at radius 1 is 1.33 bits per heavy atom. The zero-order valence-electron chi connectivity index (χ0n) is 10.5. The topological polar surface area (TPSA) is 51.2 Å². The highest BCUT2D eigenvalue weighted by Crippen LogP contribution is 2.20. The predicted octanol–water partition coefficient (Wildman–Crippen LogP) is 2.60. The van der Waals surface area contributed by atoms with E-state index in [1.165, 1.54) is 0 Å². The second-order valence-corrected chi connectivity index (χ2v) is 4.28. The second kappa shape index (κ2) is 5.60. The highest BCUT2D eigenvalue weighted by atomic mass is 16.5. The fourth-order valence-electron chi connectivity index (χ4n) is 1.64. The van der Waals surface area contributed by atoms with Gasteiger partial charge in [0.05, 0.1) is 17.3 Å². The molecule has 0 aliphatic heterocycles. The molecule has 0 radical (unpaired) electrons. The SMILES string of the molecule is CC(C)OCC(=O)Nc1cccc2ncccc12. The average molecular weight is 244 g/mol. The Hall–Kier alpha value is -1.94. The van der Waals surface area contributed by atoms with Crippen LogP contribution in [0.2, 0.25) is 0 Å². The van der Waals surface area contributed by atoms with Crippen molar-refractivity contribution >= 4 is 22.5 Å². The molecule has 0 saturated carbocycles. The molecule has 1 amide bonds. The van der Waals surface area contributed by atoms with E-state index in [2.05, 4.69) is 10.3 Å². The molecule has 0 atom stereocenters. The van der Waals surface area contributed by atoms with Crippen LogP contribution in [0.4, 0.5) is 5.69 Å². The Balaban J connectivity index is 2.14. The highest BCUT2D eigenvalue weighted by Gasteiger charge is 2.06. The molecule has 4 heteroatoms. The van der Waals surface area contributed by atoms with Crippen molar-refractivity contribution in [2.45, 2.75) is 20.0 Å². The zero-order chi connectivity index (χ0) is 13.0. The third-order valence-electron chi connectivity index (χ3n) is 2.47. The number of hydrogen-bond donors (Lipinski definition) is 1. The molecule has 0 spiro atoms. The van der Waals surface area contributed by atoms with E-state index < -0.39 is 0 Å². The Bertz CT molecular complexity index is 547. The molecule has 1 N–H and O–H groups in total. The summed E-state index contributed by atoms with van der Waals surface area (Å²) in [6.07, 6.45) is 1.78. The number of anilines is 1. The lowest BCUT2D eigenvalue weighted by Gasteiger charge is -2.10. The Morgan fingerprint density at radius 3 is 2.94 bits per heavy atom. The van der Waals surface area contributed by atoms with Gasteiger partial charge in [-0.05, 0) is 38.1 Å². The fourth-order valence-corrected chi connectivity index (χ4v) is 1.64. The van der Waals surface area contributed by atoms with Crippen molar-refractivity contribution in [2.75, 3.05) is 11.9 Å². The van der Waals surface area contributed by atoms with E-state index in [0.717, 1.165) is 16.6 Å². The van der Waals surface area contributed by atoms with E-state index in [1.807, 2.05) is 44.2 Å². The van der Waals surface area contributed by atoms with Crippen LogP contribution < -0.4 is 5.32 Å². The van der Waals surface area contributed by atoms with Crippen molar-refractivity contribution < 1.29 is 9.53 Å². The van der Waals surface area contributed by atoms with Crippen molar-refractivity contribution in [3.63, 3.8) is 0 Å². The number of nitrogens with one attached hydrogen (secondary N) is 1. The van der Waals surface area contributed by atoms with Crippen LogP contribution in [-0.2, 0) is 9.53 Å². The van der Waals surface area contributed by atoms with Crippen molar-refractivity contribution in [2.24, 2.45) is 0 Å². The van der Waals surface area contributed by atoms with Gasteiger partial charge in [-0.15, -0.1) is 0 Å². The number of amides is 1. The highest BCUT2D eigenvalue weighted by molar-refractivity contribution is 6.01. The fraction of sp³-hybridized carbons (Fsp3) is 0.286. The van der Waals surface area contributed by atoms with Gasteiger partial charge in [0.15, 0.2) is 0 Å². The maximum atomic E-state index is 11.7. The summed E-state index contributed by atoms with van der Waals surface area (Å²) in [5.74, 6) is -0.153. The van der Waals surface area contributed by atoms with Crippen LogP contribution in [0.25, 0.3) is 10.9 Å². The maximum absolute atomic E-state index is 11.7.